The summed E-state index contributed by atoms with van der Waals surface area (Å²) in [6.07, 6.45) is 0. The van der Waals surface area contributed by atoms with Gasteiger partial charge in [0.15, 0.2) is 0 Å². The summed E-state index contributed by atoms with van der Waals surface area (Å²) in [7, 11) is 0. The lowest BCUT2D eigenvalue weighted by Gasteiger charge is -2.34. The van der Waals surface area contributed by atoms with Gasteiger partial charge in [-0.1, -0.05) is 206 Å². The summed E-state index contributed by atoms with van der Waals surface area (Å²) in [6, 6.07) is 90.1. The first kappa shape index (κ1) is 36.6. The second-order valence-corrected chi connectivity index (χ2v) is 16.4. The van der Waals surface area contributed by atoms with Crippen molar-refractivity contribution < 1.29 is 4.42 Å². The van der Waals surface area contributed by atoms with Crippen LogP contribution in [0.5, 0.6) is 0 Å². The van der Waals surface area contributed by atoms with E-state index in [0.29, 0.717) is 0 Å². The average Bonchev–Trinajstić information content (AvgIpc) is 3.90. The zero-order chi connectivity index (χ0) is 41.7. The van der Waals surface area contributed by atoms with E-state index < -0.39 is 5.41 Å². The summed E-state index contributed by atoms with van der Waals surface area (Å²) in [6.45, 7) is 0. The van der Waals surface area contributed by atoms with Crippen LogP contribution in [0.3, 0.4) is 0 Å². The van der Waals surface area contributed by atoms with Crippen molar-refractivity contribution >= 4 is 39.0 Å². The predicted molar refractivity (Wildman–Crippen MR) is 262 cm³/mol. The maximum atomic E-state index is 6.44. The van der Waals surface area contributed by atoms with E-state index in [4.69, 9.17) is 4.42 Å². The van der Waals surface area contributed by atoms with Gasteiger partial charge in [0.1, 0.15) is 11.2 Å². The number of hydrogen-bond acceptors (Lipinski definition) is 2. The Balaban J connectivity index is 0.977. The molecular formula is C61H41NO. The van der Waals surface area contributed by atoms with Gasteiger partial charge in [-0.2, -0.15) is 0 Å². The molecule has 1 aliphatic rings. The van der Waals surface area contributed by atoms with E-state index in [1.807, 2.05) is 12.1 Å². The zero-order valence-corrected chi connectivity index (χ0v) is 34.5. The third-order valence-corrected chi connectivity index (χ3v) is 13.0. The van der Waals surface area contributed by atoms with Crippen molar-refractivity contribution in [3.05, 3.63) is 271 Å². The first-order valence-electron chi connectivity index (χ1n) is 21.7. The van der Waals surface area contributed by atoms with Crippen LogP contribution in [0.1, 0.15) is 22.3 Å². The van der Waals surface area contributed by atoms with Gasteiger partial charge >= 0.3 is 0 Å². The summed E-state index contributed by atoms with van der Waals surface area (Å²) in [5.74, 6) is 0. The zero-order valence-electron chi connectivity index (χ0n) is 34.5. The second kappa shape index (κ2) is 15.1. The summed E-state index contributed by atoms with van der Waals surface area (Å²) < 4.78 is 6.44. The van der Waals surface area contributed by atoms with Gasteiger partial charge in [0.05, 0.1) is 11.1 Å². The van der Waals surface area contributed by atoms with Crippen molar-refractivity contribution in [3.63, 3.8) is 0 Å². The minimum absolute atomic E-state index is 0.466. The molecule has 296 valence electrons. The fraction of sp³-hybridized carbons (Fsp3) is 0.0164. The standard InChI is InChI=1S/C61H41NO/c1-3-17-43(18-4-1)50-23-9-13-31-58(50)62(48-37-33-42(34-38-48)44-19-15-20-45(41-44)51-27-16-28-55-54-26-10-14-32-59(54)63-60(51)55)49-39-35-47(36-40-49)61(46-21-5-2-6-22-46)56-29-11-7-24-52(56)53-25-8-12-30-57(53)61/h1-41H. The Hall–Kier alpha value is -8.20. The third kappa shape index (κ3) is 5.95. The molecule has 10 aromatic carbocycles. The van der Waals surface area contributed by atoms with Crippen LogP contribution in [-0.2, 0) is 5.41 Å². The minimum Gasteiger partial charge on any atom is -0.455 e. The normalized spacial score (nSPS) is 12.6. The van der Waals surface area contributed by atoms with Crippen LogP contribution in [0.2, 0.25) is 0 Å². The number of hydrogen-bond donors (Lipinski definition) is 0. The maximum absolute atomic E-state index is 6.44. The van der Waals surface area contributed by atoms with Gasteiger partial charge in [-0.05, 0) is 98.1 Å². The number of benzene rings is 10. The van der Waals surface area contributed by atoms with Crippen molar-refractivity contribution in [1.29, 1.82) is 0 Å². The van der Waals surface area contributed by atoms with E-state index in [-0.39, 0.29) is 0 Å². The molecule has 63 heavy (non-hydrogen) atoms. The second-order valence-electron chi connectivity index (χ2n) is 16.4. The lowest BCUT2D eigenvalue weighted by molar-refractivity contribution is 0.670. The number of para-hydroxylation sites is 3. The molecule has 0 saturated carbocycles. The van der Waals surface area contributed by atoms with Gasteiger partial charge in [0.2, 0.25) is 0 Å². The van der Waals surface area contributed by atoms with Crippen LogP contribution in [0.25, 0.3) is 66.4 Å². The highest BCUT2D eigenvalue weighted by molar-refractivity contribution is 6.09. The molecule has 0 fully saturated rings. The SMILES string of the molecule is c1ccc(-c2ccccc2N(c2ccc(-c3cccc(-c4cccc5c4oc4ccccc45)c3)cc2)c2ccc(C3(c4ccccc4)c4ccccc4-c4ccccc43)cc2)cc1. The average molecular weight is 804 g/mol. The lowest BCUT2D eigenvalue weighted by atomic mass is 9.68. The first-order chi connectivity index (χ1) is 31.3. The Bertz CT molecular complexity index is 3390. The molecule has 0 amide bonds. The molecule has 1 aromatic heterocycles. The van der Waals surface area contributed by atoms with E-state index >= 15 is 0 Å². The van der Waals surface area contributed by atoms with Gasteiger partial charge in [-0.15, -0.1) is 0 Å². The largest absolute Gasteiger partial charge is 0.455 e. The molecular weight excluding hydrogens is 763 g/mol. The van der Waals surface area contributed by atoms with Gasteiger partial charge in [0.25, 0.3) is 0 Å². The van der Waals surface area contributed by atoms with Crippen molar-refractivity contribution in [3.8, 4) is 44.5 Å². The van der Waals surface area contributed by atoms with Gasteiger partial charge in [-0.3, -0.25) is 0 Å². The monoisotopic (exact) mass is 803 g/mol. The Kier molecular flexibility index (Phi) is 8.76. The Morgan fingerprint density at radius 2 is 0.825 bits per heavy atom. The Labute approximate surface area is 367 Å². The molecule has 0 saturated heterocycles. The summed E-state index contributed by atoms with van der Waals surface area (Å²) in [5.41, 5.74) is 19.2. The van der Waals surface area contributed by atoms with Gasteiger partial charge in [0, 0.05) is 33.3 Å². The fourth-order valence-electron chi connectivity index (χ4n) is 10.2. The topological polar surface area (TPSA) is 16.4 Å². The lowest BCUT2D eigenvalue weighted by Crippen LogP contribution is -2.28. The Morgan fingerprint density at radius 3 is 1.56 bits per heavy atom. The summed E-state index contributed by atoms with van der Waals surface area (Å²) in [5, 5.41) is 2.27. The molecule has 0 bridgehead atoms. The van der Waals surface area contributed by atoms with E-state index in [2.05, 4.69) is 241 Å². The number of fused-ring (bicyclic) bond motifs is 6. The van der Waals surface area contributed by atoms with Crippen LogP contribution in [-0.4, -0.2) is 0 Å². The highest BCUT2D eigenvalue weighted by Gasteiger charge is 2.45. The van der Waals surface area contributed by atoms with Crippen LogP contribution in [0, 0.1) is 0 Å². The molecule has 0 radical (unpaired) electrons. The molecule has 0 unspecified atom stereocenters. The molecule has 1 heterocycles. The summed E-state index contributed by atoms with van der Waals surface area (Å²) in [4.78, 5) is 2.40. The number of anilines is 3. The van der Waals surface area contributed by atoms with Crippen molar-refractivity contribution in [2.75, 3.05) is 4.90 Å². The third-order valence-electron chi connectivity index (χ3n) is 13.0. The molecule has 0 spiro atoms. The van der Waals surface area contributed by atoms with E-state index in [0.717, 1.165) is 66.8 Å². The molecule has 0 aliphatic heterocycles. The maximum Gasteiger partial charge on any atom is 0.143 e. The summed E-state index contributed by atoms with van der Waals surface area (Å²) >= 11 is 0. The smallest absolute Gasteiger partial charge is 0.143 e. The van der Waals surface area contributed by atoms with E-state index in [1.54, 1.807) is 0 Å². The quantitative estimate of drug-likeness (QED) is 0.152. The highest BCUT2D eigenvalue weighted by atomic mass is 16.3. The predicted octanol–water partition coefficient (Wildman–Crippen LogP) is 16.4. The van der Waals surface area contributed by atoms with Crippen LogP contribution in [0.15, 0.2) is 253 Å². The minimum atomic E-state index is -0.466. The highest BCUT2D eigenvalue weighted by Crippen LogP contribution is 2.56. The van der Waals surface area contributed by atoms with Crippen LogP contribution < -0.4 is 4.90 Å². The molecule has 2 nitrogen and oxygen atoms in total. The van der Waals surface area contributed by atoms with E-state index in [1.165, 1.54) is 38.9 Å². The number of furan rings is 1. The fourth-order valence-corrected chi connectivity index (χ4v) is 10.2. The molecule has 0 N–H and O–H groups in total. The molecule has 11 aromatic rings. The van der Waals surface area contributed by atoms with E-state index in [9.17, 15) is 0 Å². The molecule has 12 rings (SSSR count). The first-order valence-corrected chi connectivity index (χ1v) is 21.7. The number of rotatable bonds is 8. The molecule has 2 heteroatoms. The van der Waals surface area contributed by atoms with Gasteiger partial charge < -0.3 is 9.32 Å². The van der Waals surface area contributed by atoms with Crippen LogP contribution >= 0.6 is 0 Å². The van der Waals surface area contributed by atoms with Crippen molar-refractivity contribution in [2.24, 2.45) is 0 Å². The Morgan fingerprint density at radius 1 is 0.317 bits per heavy atom. The van der Waals surface area contributed by atoms with Crippen LogP contribution in [0.4, 0.5) is 17.1 Å². The van der Waals surface area contributed by atoms with Crippen molar-refractivity contribution in [1.82, 2.24) is 0 Å². The molecule has 1 aliphatic carbocycles. The van der Waals surface area contributed by atoms with Gasteiger partial charge in [-0.25, -0.2) is 0 Å². The number of nitrogens with zero attached hydrogens (tertiary/aromatic N) is 1. The van der Waals surface area contributed by atoms with Crippen molar-refractivity contribution in [2.45, 2.75) is 5.41 Å². The molecule has 0 atom stereocenters.